The van der Waals surface area contributed by atoms with E-state index in [1.807, 2.05) is 0 Å². The third-order valence-electron chi connectivity index (χ3n) is 3.38. The van der Waals surface area contributed by atoms with Crippen molar-refractivity contribution >= 4 is 21.6 Å². The first-order valence-electron chi connectivity index (χ1n) is 6.56. The second kappa shape index (κ2) is 6.41. The van der Waals surface area contributed by atoms with Crippen LogP contribution in [0.3, 0.4) is 0 Å². The molecular formula is C13H19ClN2O3S. The summed E-state index contributed by atoms with van der Waals surface area (Å²) in [7, 11) is -3.68. The van der Waals surface area contributed by atoms with Crippen molar-refractivity contribution < 1.29 is 13.2 Å². The van der Waals surface area contributed by atoms with Crippen LogP contribution in [0.5, 0.6) is 0 Å². The summed E-state index contributed by atoms with van der Waals surface area (Å²) in [6.45, 7) is 2.75. The molecule has 1 aliphatic heterocycles. The van der Waals surface area contributed by atoms with Crippen LogP contribution < -0.4 is 10.5 Å². The van der Waals surface area contributed by atoms with Crippen molar-refractivity contribution in [3.8, 4) is 0 Å². The minimum atomic E-state index is -3.68. The van der Waals surface area contributed by atoms with Crippen molar-refractivity contribution in [3.63, 3.8) is 0 Å². The molecule has 1 aromatic carbocycles. The average Bonchev–Trinajstić information content (AvgIpc) is 2.92. The Morgan fingerprint density at radius 3 is 2.90 bits per heavy atom. The summed E-state index contributed by atoms with van der Waals surface area (Å²) in [5.74, 6) is 0. The maximum absolute atomic E-state index is 12.4. The Hall–Kier alpha value is -0.660. The second-order valence-corrected chi connectivity index (χ2v) is 7.02. The number of sulfonamides is 1. The van der Waals surface area contributed by atoms with Gasteiger partial charge >= 0.3 is 0 Å². The first-order chi connectivity index (χ1) is 9.44. The molecule has 5 nitrogen and oxygen atoms in total. The summed E-state index contributed by atoms with van der Waals surface area (Å²) >= 11 is 5.99. The first kappa shape index (κ1) is 15.7. The number of halogens is 1. The van der Waals surface area contributed by atoms with Crippen molar-refractivity contribution in [2.45, 2.75) is 43.4 Å². The molecule has 1 fully saturated rings. The molecule has 0 radical (unpaired) electrons. The molecule has 0 saturated carbocycles. The molecular weight excluding hydrogens is 300 g/mol. The number of rotatable bonds is 5. The first-order valence-corrected chi connectivity index (χ1v) is 8.42. The lowest BCUT2D eigenvalue weighted by Crippen LogP contribution is -2.40. The Kier molecular flexibility index (Phi) is 5.04. The molecule has 0 bridgehead atoms. The monoisotopic (exact) mass is 318 g/mol. The van der Waals surface area contributed by atoms with Gasteiger partial charge < -0.3 is 10.5 Å². The fourth-order valence-electron chi connectivity index (χ4n) is 2.26. The van der Waals surface area contributed by atoms with Crippen LogP contribution in [0.4, 0.5) is 0 Å². The molecule has 3 N–H and O–H groups in total. The largest absolute Gasteiger partial charge is 0.377 e. The van der Waals surface area contributed by atoms with E-state index in [2.05, 4.69) is 4.72 Å². The molecule has 1 heterocycles. The summed E-state index contributed by atoms with van der Waals surface area (Å²) in [5.41, 5.74) is 6.26. The van der Waals surface area contributed by atoms with Gasteiger partial charge in [0.2, 0.25) is 10.0 Å². The van der Waals surface area contributed by atoms with Crippen molar-refractivity contribution in [1.82, 2.24) is 4.72 Å². The number of hydrogen-bond donors (Lipinski definition) is 2. The van der Waals surface area contributed by atoms with Crippen LogP contribution in [0.15, 0.2) is 23.1 Å². The molecule has 0 spiro atoms. The number of ether oxygens (including phenoxy) is 1. The van der Waals surface area contributed by atoms with Gasteiger partial charge in [-0.1, -0.05) is 17.7 Å². The molecule has 20 heavy (non-hydrogen) atoms. The van der Waals surface area contributed by atoms with Gasteiger partial charge in [0.15, 0.2) is 0 Å². The third-order valence-corrected chi connectivity index (χ3v) is 5.42. The summed E-state index contributed by atoms with van der Waals surface area (Å²) in [5, 5.41) is 0.189. The normalized spacial score (nSPS) is 21.1. The van der Waals surface area contributed by atoms with Crippen molar-refractivity contribution in [3.05, 3.63) is 28.8 Å². The van der Waals surface area contributed by atoms with Crippen LogP contribution in [0.1, 0.15) is 25.3 Å². The van der Waals surface area contributed by atoms with Crippen LogP contribution >= 0.6 is 11.6 Å². The molecule has 0 aromatic heterocycles. The van der Waals surface area contributed by atoms with Gasteiger partial charge in [-0.05, 0) is 37.5 Å². The molecule has 7 heteroatoms. The summed E-state index contributed by atoms with van der Waals surface area (Å²) in [4.78, 5) is 0.0620. The minimum absolute atomic E-state index is 0.0620. The zero-order chi connectivity index (χ0) is 14.8. The summed E-state index contributed by atoms with van der Waals surface area (Å²) in [6, 6.07) is 4.48. The van der Waals surface area contributed by atoms with Gasteiger partial charge in [-0.25, -0.2) is 13.1 Å². The van der Waals surface area contributed by atoms with Crippen LogP contribution in [0, 0.1) is 0 Å². The zero-order valence-electron chi connectivity index (χ0n) is 11.3. The smallest absolute Gasteiger partial charge is 0.242 e. The highest BCUT2D eigenvalue weighted by Crippen LogP contribution is 2.24. The predicted molar refractivity (Wildman–Crippen MR) is 78.1 cm³/mol. The lowest BCUT2D eigenvalue weighted by atomic mass is 10.1. The van der Waals surface area contributed by atoms with E-state index < -0.39 is 10.0 Å². The third kappa shape index (κ3) is 3.51. The average molecular weight is 319 g/mol. The maximum Gasteiger partial charge on any atom is 0.242 e. The number of benzene rings is 1. The summed E-state index contributed by atoms with van der Waals surface area (Å²) < 4.78 is 32.9. The van der Waals surface area contributed by atoms with E-state index in [1.54, 1.807) is 19.1 Å². The Bertz CT molecular complexity index is 571. The Morgan fingerprint density at radius 1 is 1.55 bits per heavy atom. The Balaban J connectivity index is 2.21. The van der Waals surface area contributed by atoms with Gasteiger partial charge in [-0.3, -0.25) is 0 Å². The Labute approximate surface area is 124 Å². The van der Waals surface area contributed by atoms with Crippen LogP contribution in [0.25, 0.3) is 0 Å². The molecule has 2 atom stereocenters. The standard InChI is InChI=1S/C13H19ClN2O3S/c1-9(12-3-2-6-19-12)16-20(17,18)13-7-10(8-15)4-5-11(13)14/h4-5,7,9,12,16H,2-3,6,8,15H2,1H3. The second-order valence-electron chi connectivity index (χ2n) is 4.93. The molecule has 112 valence electrons. The van der Waals surface area contributed by atoms with E-state index in [1.165, 1.54) is 6.07 Å². The fraction of sp³-hybridized carbons (Fsp3) is 0.538. The van der Waals surface area contributed by atoms with E-state index in [-0.39, 0.29) is 28.6 Å². The van der Waals surface area contributed by atoms with Gasteiger partial charge in [-0.2, -0.15) is 0 Å². The predicted octanol–water partition coefficient (Wildman–Crippen LogP) is 1.64. The SMILES string of the molecule is CC(NS(=O)(=O)c1cc(CN)ccc1Cl)C1CCCO1. The van der Waals surface area contributed by atoms with Crippen LogP contribution in [-0.2, 0) is 21.3 Å². The number of nitrogens with one attached hydrogen (secondary N) is 1. The van der Waals surface area contributed by atoms with Crippen molar-refractivity contribution in [2.75, 3.05) is 6.61 Å². The van der Waals surface area contributed by atoms with Gasteiger partial charge in [-0.15, -0.1) is 0 Å². The highest BCUT2D eigenvalue weighted by atomic mass is 35.5. The van der Waals surface area contributed by atoms with E-state index in [4.69, 9.17) is 22.1 Å². The van der Waals surface area contributed by atoms with Gasteiger partial charge in [0.25, 0.3) is 0 Å². The van der Waals surface area contributed by atoms with E-state index in [9.17, 15) is 8.42 Å². The summed E-state index contributed by atoms with van der Waals surface area (Å²) in [6.07, 6.45) is 1.74. The highest BCUT2D eigenvalue weighted by molar-refractivity contribution is 7.89. The highest BCUT2D eigenvalue weighted by Gasteiger charge is 2.28. The van der Waals surface area contributed by atoms with Crippen molar-refractivity contribution in [2.24, 2.45) is 5.73 Å². The molecule has 2 unspecified atom stereocenters. The molecule has 0 aliphatic carbocycles. The van der Waals surface area contributed by atoms with Crippen LogP contribution in [-0.4, -0.2) is 27.2 Å². The van der Waals surface area contributed by atoms with E-state index >= 15 is 0 Å². The van der Waals surface area contributed by atoms with E-state index in [0.717, 1.165) is 18.4 Å². The molecule has 2 rings (SSSR count). The Morgan fingerprint density at radius 2 is 2.30 bits per heavy atom. The van der Waals surface area contributed by atoms with Gasteiger partial charge in [0.05, 0.1) is 11.1 Å². The number of nitrogens with two attached hydrogens (primary N) is 1. The molecule has 0 amide bonds. The lowest BCUT2D eigenvalue weighted by Gasteiger charge is -2.20. The zero-order valence-corrected chi connectivity index (χ0v) is 12.9. The van der Waals surface area contributed by atoms with Gasteiger partial charge in [0.1, 0.15) is 4.90 Å². The van der Waals surface area contributed by atoms with Crippen molar-refractivity contribution in [1.29, 1.82) is 0 Å². The molecule has 1 saturated heterocycles. The molecule has 1 aliphatic rings. The van der Waals surface area contributed by atoms with E-state index in [0.29, 0.717) is 6.61 Å². The van der Waals surface area contributed by atoms with Gasteiger partial charge in [0, 0.05) is 19.2 Å². The maximum atomic E-state index is 12.4. The van der Waals surface area contributed by atoms with Crippen LogP contribution in [0.2, 0.25) is 5.02 Å². The quantitative estimate of drug-likeness (QED) is 0.865. The minimum Gasteiger partial charge on any atom is -0.377 e. The lowest BCUT2D eigenvalue weighted by molar-refractivity contribution is 0.0902. The number of hydrogen-bond acceptors (Lipinski definition) is 4. The molecule has 1 aromatic rings. The fourth-order valence-corrected chi connectivity index (χ4v) is 4.08. The topological polar surface area (TPSA) is 81.4 Å².